The van der Waals surface area contributed by atoms with Crippen LogP contribution in [0.15, 0.2) is 48.5 Å². The molecule has 0 aliphatic heterocycles. The highest BCUT2D eigenvalue weighted by molar-refractivity contribution is 5.97. The van der Waals surface area contributed by atoms with E-state index in [1.54, 1.807) is 24.3 Å². The van der Waals surface area contributed by atoms with Crippen molar-refractivity contribution in [3.05, 3.63) is 59.7 Å². The largest absolute Gasteiger partial charge is 0.507 e. The number of rotatable bonds is 6. The van der Waals surface area contributed by atoms with Crippen LogP contribution in [0, 0.1) is 0 Å². The van der Waals surface area contributed by atoms with Gasteiger partial charge in [-0.1, -0.05) is 24.3 Å². The minimum atomic E-state index is -1.02. The molecule has 2 aromatic carbocycles. The van der Waals surface area contributed by atoms with E-state index in [0.717, 1.165) is 0 Å². The van der Waals surface area contributed by atoms with Crippen LogP contribution >= 0.6 is 0 Å². The van der Waals surface area contributed by atoms with E-state index in [0.29, 0.717) is 0 Å². The van der Waals surface area contributed by atoms with Gasteiger partial charge in [0, 0.05) is 13.1 Å². The van der Waals surface area contributed by atoms with Crippen LogP contribution in [-0.2, 0) is 0 Å². The zero-order valence-electron chi connectivity index (χ0n) is 13.3. The Morgan fingerprint density at radius 2 is 1.16 bits per heavy atom. The van der Waals surface area contributed by atoms with Gasteiger partial charge in [0.15, 0.2) is 0 Å². The van der Waals surface area contributed by atoms with Gasteiger partial charge in [-0.25, -0.2) is 0 Å². The molecule has 0 aliphatic rings. The number of benzene rings is 2. The van der Waals surface area contributed by atoms with E-state index in [1.807, 2.05) is 0 Å². The molecular formula is C17H20N2O6. The second-order valence-electron chi connectivity index (χ2n) is 5.11. The minimum absolute atomic E-state index is 0. The molecule has 0 unspecified atom stereocenters. The molecule has 8 heteroatoms. The van der Waals surface area contributed by atoms with Crippen molar-refractivity contribution < 1.29 is 30.4 Å². The van der Waals surface area contributed by atoms with Crippen LogP contribution in [0.3, 0.4) is 0 Å². The maximum absolute atomic E-state index is 11.9. The van der Waals surface area contributed by atoms with Gasteiger partial charge in [-0.2, -0.15) is 0 Å². The lowest BCUT2D eigenvalue weighted by Crippen LogP contribution is -2.40. The Balaban J connectivity index is 0.00000312. The SMILES string of the molecule is O.O=C(NCC(O)CNC(=O)c1ccccc1O)c1ccccc1O. The predicted octanol–water partition coefficient (Wildman–Crippen LogP) is -0.206. The zero-order valence-corrected chi connectivity index (χ0v) is 13.3. The molecule has 134 valence electrons. The summed E-state index contributed by atoms with van der Waals surface area (Å²) in [7, 11) is 0. The third kappa shape index (κ3) is 5.48. The predicted molar refractivity (Wildman–Crippen MR) is 90.5 cm³/mol. The number of aromatic hydroxyl groups is 2. The molecule has 0 saturated heterocycles. The molecule has 2 aromatic rings. The fourth-order valence-electron chi connectivity index (χ4n) is 2.01. The second kappa shape index (κ2) is 9.26. The first-order valence-corrected chi connectivity index (χ1v) is 7.29. The fourth-order valence-corrected chi connectivity index (χ4v) is 2.01. The van der Waals surface area contributed by atoms with E-state index in [4.69, 9.17) is 0 Å². The van der Waals surface area contributed by atoms with Crippen molar-refractivity contribution in [1.82, 2.24) is 10.6 Å². The Bertz CT molecular complexity index is 673. The number of phenolic OH excluding ortho intramolecular Hbond substituents is 2. The summed E-state index contributed by atoms with van der Waals surface area (Å²) in [4.78, 5) is 23.7. The Kier molecular flexibility index (Phi) is 7.39. The number of hydrogen-bond acceptors (Lipinski definition) is 5. The fraction of sp³-hybridized carbons (Fsp3) is 0.176. The molecular weight excluding hydrogens is 328 g/mol. The van der Waals surface area contributed by atoms with Gasteiger partial charge in [-0.3, -0.25) is 9.59 Å². The van der Waals surface area contributed by atoms with Gasteiger partial charge in [0.05, 0.1) is 17.2 Å². The molecule has 0 aliphatic carbocycles. The molecule has 0 bridgehead atoms. The second-order valence-corrected chi connectivity index (χ2v) is 5.11. The Labute approximate surface area is 144 Å². The monoisotopic (exact) mass is 348 g/mol. The number of nitrogens with one attached hydrogen (secondary N) is 2. The van der Waals surface area contributed by atoms with E-state index in [1.165, 1.54) is 24.3 Å². The number of amides is 2. The number of phenols is 2. The standard InChI is InChI=1S/C17H18N2O5.H2O/c20-11(9-18-16(23)12-5-1-3-7-14(12)21)10-19-17(24)13-6-2-4-8-15(13)22;/h1-8,11,20-22H,9-10H2,(H,18,23)(H,19,24);1H2. The number of para-hydroxylation sites is 2. The number of aliphatic hydroxyl groups excluding tert-OH is 1. The average Bonchev–Trinajstić information content (AvgIpc) is 2.58. The third-order valence-electron chi connectivity index (χ3n) is 3.29. The molecule has 0 saturated carbocycles. The number of carbonyl (C=O) groups excluding carboxylic acids is 2. The van der Waals surface area contributed by atoms with Gasteiger partial charge in [0.1, 0.15) is 11.5 Å². The van der Waals surface area contributed by atoms with Crippen molar-refractivity contribution in [3.8, 4) is 11.5 Å². The lowest BCUT2D eigenvalue weighted by molar-refractivity contribution is 0.0882. The van der Waals surface area contributed by atoms with Gasteiger partial charge >= 0.3 is 0 Å². The summed E-state index contributed by atoms with van der Waals surface area (Å²) in [6.07, 6.45) is -1.02. The van der Waals surface area contributed by atoms with Gasteiger partial charge in [-0.05, 0) is 24.3 Å². The van der Waals surface area contributed by atoms with Crippen molar-refractivity contribution in [1.29, 1.82) is 0 Å². The maximum atomic E-state index is 11.9. The van der Waals surface area contributed by atoms with Crippen molar-refractivity contribution in [2.75, 3.05) is 13.1 Å². The van der Waals surface area contributed by atoms with Crippen LogP contribution in [0.4, 0.5) is 0 Å². The van der Waals surface area contributed by atoms with E-state index < -0.39 is 17.9 Å². The van der Waals surface area contributed by atoms with E-state index in [9.17, 15) is 24.9 Å². The molecule has 0 heterocycles. The van der Waals surface area contributed by atoms with Crippen LogP contribution in [0.25, 0.3) is 0 Å². The first kappa shape index (κ1) is 19.9. The van der Waals surface area contributed by atoms with Crippen molar-refractivity contribution in [2.24, 2.45) is 0 Å². The molecule has 0 aromatic heterocycles. The highest BCUT2D eigenvalue weighted by Crippen LogP contribution is 2.15. The smallest absolute Gasteiger partial charge is 0.255 e. The lowest BCUT2D eigenvalue weighted by Gasteiger charge is -2.13. The van der Waals surface area contributed by atoms with E-state index >= 15 is 0 Å². The molecule has 0 radical (unpaired) electrons. The van der Waals surface area contributed by atoms with Crippen molar-refractivity contribution in [2.45, 2.75) is 6.10 Å². The van der Waals surface area contributed by atoms with Crippen LogP contribution in [0.5, 0.6) is 11.5 Å². The molecule has 0 atom stereocenters. The topological polar surface area (TPSA) is 150 Å². The first-order valence-electron chi connectivity index (χ1n) is 7.29. The summed E-state index contributed by atoms with van der Waals surface area (Å²) in [5, 5.41) is 33.9. The average molecular weight is 348 g/mol. The summed E-state index contributed by atoms with van der Waals surface area (Å²) >= 11 is 0. The van der Waals surface area contributed by atoms with Gasteiger partial charge in [0.25, 0.3) is 11.8 Å². The maximum Gasteiger partial charge on any atom is 0.255 e. The lowest BCUT2D eigenvalue weighted by atomic mass is 10.2. The van der Waals surface area contributed by atoms with E-state index in [2.05, 4.69) is 10.6 Å². The summed E-state index contributed by atoms with van der Waals surface area (Å²) < 4.78 is 0. The Hall–Kier alpha value is -3.10. The molecule has 7 N–H and O–H groups in total. The van der Waals surface area contributed by atoms with Crippen molar-refractivity contribution in [3.63, 3.8) is 0 Å². The molecule has 8 nitrogen and oxygen atoms in total. The van der Waals surface area contributed by atoms with Crippen LogP contribution in [-0.4, -0.2) is 51.8 Å². The van der Waals surface area contributed by atoms with Gasteiger partial charge in [0.2, 0.25) is 0 Å². The quantitative estimate of drug-likeness (QED) is 0.489. The molecule has 2 rings (SSSR count). The number of carbonyl (C=O) groups is 2. The van der Waals surface area contributed by atoms with Crippen LogP contribution in [0.2, 0.25) is 0 Å². The minimum Gasteiger partial charge on any atom is -0.507 e. The molecule has 0 fully saturated rings. The first-order chi connectivity index (χ1) is 11.5. The highest BCUT2D eigenvalue weighted by Gasteiger charge is 2.14. The number of hydrogen-bond donors (Lipinski definition) is 5. The summed E-state index contributed by atoms with van der Waals surface area (Å²) in [5.74, 6) is -1.37. The zero-order chi connectivity index (χ0) is 17.5. The Morgan fingerprint density at radius 3 is 1.52 bits per heavy atom. The highest BCUT2D eigenvalue weighted by atomic mass is 16.3. The number of aliphatic hydroxyl groups is 1. The van der Waals surface area contributed by atoms with Crippen LogP contribution in [0.1, 0.15) is 20.7 Å². The normalized spacial score (nSPS) is 10.0. The summed E-state index contributed by atoms with van der Waals surface area (Å²) in [6.45, 7) is -0.206. The molecule has 25 heavy (non-hydrogen) atoms. The summed E-state index contributed by atoms with van der Waals surface area (Å²) in [6, 6.07) is 12.1. The van der Waals surface area contributed by atoms with Crippen LogP contribution < -0.4 is 10.6 Å². The molecule has 2 amide bonds. The van der Waals surface area contributed by atoms with E-state index in [-0.39, 0.29) is 41.2 Å². The van der Waals surface area contributed by atoms with Gasteiger partial charge in [-0.15, -0.1) is 0 Å². The summed E-state index contributed by atoms with van der Waals surface area (Å²) in [5.41, 5.74) is 0.200. The van der Waals surface area contributed by atoms with Crippen molar-refractivity contribution >= 4 is 11.8 Å². The van der Waals surface area contributed by atoms with Gasteiger partial charge < -0.3 is 31.4 Å². The third-order valence-corrected chi connectivity index (χ3v) is 3.29. The Morgan fingerprint density at radius 1 is 0.800 bits per heavy atom. The molecule has 0 spiro atoms.